The van der Waals surface area contributed by atoms with Crippen LogP contribution in [-0.4, -0.2) is 114 Å². The van der Waals surface area contributed by atoms with Crippen LogP contribution in [0.5, 0.6) is 0 Å². The van der Waals surface area contributed by atoms with E-state index in [0.29, 0.717) is 26.3 Å². The molecule has 3 saturated heterocycles. The summed E-state index contributed by atoms with van der Waals surface area (Å²) in [6.07, 6.45) is 6.41. The zero-order valence-electron chi connectivity index (χ0n) is 27.1. The molecule has 0 unspecified atom stereocenters. The normalized spacial score (nSPS) is 19.0. The highest BCUT2D eigenvalue weighted by atomic mass is 16.5. The third-order valence-electron chi connectivity index (χ3n) is 10.1. The predicted molar refractivity (Wildman–Crippen MR) is 180 cm³/mol. The summed E-state index contributed by atoms with van der Waals surface area (Å²) in [6, 6.07) is 11.3. The van der Waals surface area contributed by atoms with Gasteiger partial charge in [-0.3, -0.25) is 9.69 Å². The molecule has 1 amide bonds. The molecule has 236 valence electrons. The monoisotopic (exact) mass is 607 g/mol. The highest BCUT2D eigenvalue weighted by molar-refractivity contribution is 5.97. The second kappa shape index (κ2) is 12.5. The van der Waals surface area contributed by atoms with Crippen molar-refractivity contribution in [2.24, 2.45) is 0 Å². The number of carbonyl (C=O) groups excluding carboxylic acids is 1. The molecule has 45 heavy (non-hydrogen) atoms. The number of H-pyrrole nitrogens is 1. The van der Waals surface area contributed by atoms with Gasteiger partial charge in [0.15, 0.2) is 5.65 Å². The van der Waals surface area contributed by atoms with Gasteiger partial charge in [0.05, 0.1) is 25.1 Å². The Kier molecular flexibility index (Phi) is 8.33. The van der Waals surface area contributed by atoms with Crippen molar-refractivity contribution in [1.82, 2.24) is 29.7 Å². The number of aromatic nitrogens is 3. The lowest BCUT2D eigenvalue weighted by atomic mass is 9.99. The third kappa shape index (κ3) is 5.96. The molecule has 0 bridgehead atoms. The highest BCUT2D eigenvalue weighted by Crippen LogP contribution is 2.34. The number of anilines is 1. The smallest absolute Gasteiger partial charge is 0.254 e. The van der Waals surface area contributed by atoms with Crippen molar-refractivity contribution >= 4 is 22.8 Å². The van der Waals surface area contributed by atoms with Crippen molar-refractivity contribution in [3.63, 3.8) is 0 Å². The molecule has 3 fully saturated rings. The summed E-state index contributed by atoms with van der Waals surface area (Å²) in [7, 11) is 2.24. The van der Waals surface area contributed by atoms with E-state index in [2.05, 4.69) is 58.8 Å². The first-order valence-electron chi connectivity index (χ1n) is 16.5. The van der Waals surface area contributed by atoms with E-state index >= 15 is 0 Å². The molecule has 0 aliphatic carbocycles. The van der Waals surface area contributed by atoms with Crippen LogP contribution in [0.3, 0.4) is 0 Å². The standard InChI is InChI=1S/C36H45N7O2/c1-24-19-27(5-6-30(24)36(44)43-15-17-45-18-16-43)31-22-37-35-33(31)39-32(23-38-35)28-20-25(2)34(26(3)21-28)42-13-11-41(12-14-42)29-7-9-40(4)10-8-29/h5-6,19-23,29H,7-18H2,1-4H3,(H,37,38). The summed E-state index contributed by atoms with van der Waals surface area (Å²) >= 11 is 0. The van der Waals surface area contributed by atoms with Crippen LogP contribution in [0.25, 0.3) is 33.5 Å². The molecule has 0 spiro atoms. The second-order valence-electron chi connectivity index (χ2n) is 13.1. The van der Waals surface area contributed by atoms with E-state index in [0.717, 1.165) is 76.9 Å². The molecule has 7 rings (SSSR count). The summed E-state index contributed by atoms with van der Waals surface area (Å²) in [5.41, 5.74) is 11.2. The summed E-state index contributed by atoms with van der Waals surface area (Å²) < 4.78 is 5.42. The van der Waals surface area contributed by atoms with Gasteiger partial charge in [-0.1, -0.05) is 12.1 Å². The summed E-state index contributed by atoms with van der Waals surface area (Å²) in [4.78, 5) is 35.9. The van der Waals surface area contributed by atoms with Gasteiger partial charge in [0.1, 0.15) is 5.52 Å². The molecule has 0 radical (unpaired) electrons. The summed E-state index contributed by atoms with van der Waals surface area (Å²) in [6.45, 7) is 15.8. The number of aryl methyl sites for hydroxylation is 3. The van der Waals surface area contributed by atoms with Gasteiger partial charge in [0, 0.05) is 73.9 Å². The van der Waals surface area contributed by atoms with Gasteiger partial charge in [-0.2, -0.15) is 0 Å². The minimum atomic E-state index is 0.0664. The Morgan fingerprint density at radius 3 is 2.24 bits per heavy atom. The van der Waals surface area contributed by atoms with E-state index in [9.17, 15) is 4.79 Å². The van der Waals surface area contributed by atoms with Crippen LogP contribution in [-0.2, 0) is 4.74 Å². The van der Waals surface area contributed by atoms with Crippen LogP contribution in [0.15, 0.2) is 42.7 Å². The SMILES string of the molecule is Cc1cc(-c2c[nH]c3ncc(-c4cc(C)c(N5CCN(C6CCN(C)CC6)CC5)c(C)c4)nc23)ccc1C(=O)N1CCOCC1. The molecule has 9 heteroatoms. The van der Waals surface area contributed by atoms with Crippen molar-refractivity contribution in [3.05, 3.63) is 65.0 Å². The zero-order valence-corrected chi connectivity index (χ0v) is 27.1. The van der Waals surface area contributed by atoms with Crippen LogP contribution in [0, 0.1) is 20.8 Å². The molecule has 2 aromatic heterocycles. The topological polar surface area (TPSA) is 80.8 Å². The number of nitrogens with zero attached hydrogens (tertiary/aromatic N) is 6. The van der Waals surface area contributed by atoms with Gasteiger partial charge < -0.3 is 24.4 Å². The minimum Gasteiger partial charge on any atom is -0.378 e. The molecule has 1 N–H and O–H groups in total. The lowest BCUT2D eigenvalue weighted by molar-refractivity contribution is 0.0302. The van der Waals surface area contributed by atoms with Gasteiger partial charge in [-0.15, -0.1) is 0 Å². The van der Waals surface area contributed by atoms with E-state index in [1.165, 1.54) is 42.7 Å². The van der Waals surface area contributed by atoms with E-state index in [-0.39, 0.29) is 5.91 Å². The largest absolute Gasteiger partial charge is 0.378 e. The lowest BCUT2D eigenvalue weighted by Gasteiger charge is -2.43. The number of aromatic amines is 1. The molecule has 3 aliphatic rings. The first-order chi connectivity index (χ1) is 21.9. The minimum absolute atomic E-state index is 0.0664. The number of carbonyl (C=O) groups is 1. The third-order valence-corrected chi connectivity index (χ3v) is 10.1. The maximum absolute atomic E-state index is 13.1. The maximum Gasteiger partial charge on any atom is 0.254 e. The summed E-state index contributed by atoms with van der Waals surface area (Å²) in [5, 5.41) is 0. The number of hydrogen-bond donors (Lipinski definition) is 1. The van der Waals surface area contributed by atoms with Crippen molar-refractivity contribution in [1.29, 1.82) is 0 Å². The number of fused-ring (bicyclic) bond motifs is 1. The van der Waals surface area contributed by atoms with E-state index < -0.39 is 0 Å². The Hall–Kier alpha value is -3.79. The van der Waals surface area contributed by atoms with Gasteiger partial charge in [-0.25, -0.2) is 9.97 Å². The maximum atomic E-state index is 13.1. The fourth-order valence-corrected chi connectivity index (χ4v) is 7.53. The second-order valence-corrected chi connectivity index (χ2v) is 13.1. The van der Waals surface area contributed by atoms with Crippen molar-refractivity contribution in [2.75, 3.05) is 77.5 Å². The van der Waals surface area contributed by atoms with Crippen LogP contribution < -0.4 is 4.90 Å². The Morgan fingerprint density at radius 2 is 1.56 bits per heavy atom. The number of ether oxygens (including phenoxy) is 1. The number of piperidine rings is 1. The number of amides is 1. The number of rotatable bonds is 5. The molecule has 9 nitrogen and oxygen atoms in total. The number of likely N-dealkylation sites (tertiary alicyclic amines) is 1. The van der Waals surface area contributed by atoms with Crippen molar-refractivity contribution < 1.29 is 9.53 Å². The zero-order chi connectivity index (χ0) is 31.1. The fraction of sp³-hybridized carbons (Fsp3) is 0.472. The number of morpholine rings is 1. The molecular formula is C36H45N7O2. The Morgan fingerprint density at radius 1 is 0.867 bits per heavy atom. The first-order valence-corrected chi connectivity index (χ1v) is 16.5. The van der Waals surface area contributed by atoms with Crippen molar-refractivity contribution in [3.8, 4) is 22.4 Å². The fourth-order valence-electron chi connectivity index (χ4n) is 7.53. The average molecular weight is 608 g/mol. The summed E-state index contributed by atoms with van der Waals surface area (Å²) in [5.74, 6) is 0.0664. The Bertz CT molecular complexity index is 1670. The Balaban J connectivity index is 1.10. The van der Waals surface area contributed by atoms with Crippen LogP contribution in [0.4, 0.5) is 5.69 Å². The highest BCUT2D eigenvalue weighted by Gasteiger charge is 2.28. The van der Waals surface area contributed by atoms with Gasteiger partial charge in [0.25, 0.3) is 5.91 Å². The first kappa shape index (κ1) is 29.9. The van der Waals surface area contributed by atoms with E-state index in [1.807, 2.05) is 36.4 Å². The number of nitrogens with one attached hydrogen (secondary N) is 1. The quantitative estimate of drug-likeness (QED) is 0.346. The lowest BCUT2D eigenvalue weighted by Crippen LogP contribution is -2.53. The van der Waals surface area contributed by atoms with Gasteiger partial charge in [0.2, 0.25) is 0 Å². The van der Waals surface area contributed by atoms with Crippen LogP contribution in [0.2, 0.25) is 0 Å². The van der Waals surface area contributed by atoms with E-state index in [1.54, 1.807) is 0 Å². The molecule has 3 aliphatic heterocycles. The van der Waals surface area contributed by atoms with Crippen LogP contribution in [0.1, 0.15) is 39.9 Å². The number of benzene rings is 2. The number of hydrogen-bond acceptors (Lipinski definition) is 7. The predicted octanol–water partition coefficient (Wildman–Crippen LogP) is 4.91. The number of piperazine rings is 1. The molecule has 4 aromatic rings. The van der Waals surface area contributed by atoms with Crippen LogP contribution >= 0.6 is 0 Å². The molecule has 0 saturated carbocycles. The van der Waals surface area contributed by atoms with Crippen molar-refractivity contribution in [2.45, 2.75) is 39.7 Å². The van der Waals surface area contributed by atoms with Gasteiger partial charge >= 0.3 is 0 Å². The average Bonchev–Trinajstić information content (AvgIpc) is 3.49. The molecule has 5 heterocycles. The van der Waals surface area contributed by atoms with Gasteiger partial charge in [-0.05, 0) is 94.2 Å². The molecule has 0 atom stereocenters. The molecule has 2 aromatic carbocycles. The van der Waals surface area contributed by atoms with E-state index in [4.69, 9.17) is 14.7 Å². The molecular weight excluding hydrogens is 562 g/mol. The Labute approximate surface area is 266 Å².